The summed E-state index contributed by atoms with van der Waals surface area (Å²) in [7, 11) is -3.48. The van der Waals surface area contributed by atoms with Crippen molar-refractivity contribution in [3.63, 3.8) is 0 Å². The largest absolute Gasteiger partial charge is 0.326 e. The molecule has 1 aliphatic rings. The second kappa shape index (κ2) is 8.77. The van der Waals surface area contributed by atoms with Gasteiger partial charge in [-0.05, 0) is 48.6 Å². The van der Waals surface area contributed by atoms with E-state index in [1.807, 2.05) is 5.38 Å². The maximum Gasteiger partial charge on any atom is 0.243 e. The average molecular weight is 407 g/mol. The van der Waals surface area contributed by atoms with Crippen molar-refractivity contribution < 1.29 is 18.0 Å². The lowest BCUT2D eigenvalue weighted by Crippen LogP contribution is -2.35. The van der Waals surface area contributed by atoms with Gasteiger partial charge in [0, 0.05) is 31.6 Å². The summed E-state index contributed by atoms with van der Waals surface area (Å²) >= 11 is 1.36. The number of ketones is 1. The Kier molecular flexibility index (Phi) is 6.41. The molecule has 1 aromatic carbocycles. The molecule has 1 N–H and O–H groups in total. The van der Waals surface area contributed by atoms with Gasteiger partial charge in [0.25, 0.3) is 0 Å². The molecule has 8 heteroatoms. The third kappa shape index (κ3) is 5.03. The molecule has 3 rings (SSSR count). The van der Waals surface area contributed by atoms with Gasteiger partial charge in [-0.15, -0.1) is 11.3 Å². The van der Waals surface area contributed by atoms with Gasteiger partial charge in [0.05, 0.1) is 9.77 Å². The van der Waals surface area contributed by atoms with Gasteiger partial charge in [-0.3, -0.25) is 9.59 Å². The fourth-order valence-corrected chi connectivity index (χ4v) is 5.19. The Bertz CT molecular complexity index is 884. The van der Waals surface area contributed by atoms with Crippen molar-refractivity contribution in [2.45, 2.75) is 37.0 Å². The number of nitrogens with zero attached hydrogens (tertiary/aromatic N) is 1. The van der Waals surface area contributed by atoms with E-state index in [4.69, 9.17) is 0 Å². The van der Waals surface area contributed by atoms with E-state index in [0.29, 0.717) is 23.7 Å². The molecule has 0 saturated carbocycles. The maximum atomic E-state index is 12.6. The number of benzene rings is 1. The minimum Gasteiger partial charge on any atom is -0.326 e. The van der Waals surface area contributed by atoms with Crippen molar-refractivity contribution in [2.24, 2.45) is 0 Å². The van der Waals surface area contributed by atoms with Crippen LogP contribution >= 0.6 is 11.3 Å². The minimum absolute atomic E-state index is 0.0527. The number of anilines is 1. The Morgan fingerprint density at radius 1 is 1.00 bits per heavy atom. The van der Waals surface area contributed by atoms with Crippen LogP contribution in [0.2, 0.25) is 0 Å². The van der Waals surface area contributed by atoms with E-state index in [0.717, 1.165) is 19.3 Å². The number of Topliss-reactive ketones (excluding diaryl/α,β-unsaturated/α-hetero) is 1. The van der Waals surface area contributed by atoms with E-state index in [-0.39, 0.29) is 29.4 Å². The number of carbonyl (C=O) groups excluding carboxylic acids is 2. The third-order valence-corrected chi connectivity index (χ3v) is 7.29. The van der Waals surface area contributed by atoms with Crippen LogP contribution in [0.25, 0.3) is 0 Å². The predicted octanol–water partition coefficient (Wildman–Crippen LogP) is 3.52. The average Bonchev–Trinajstić information content (AvgIpc) is 3.22. The molecule has 1 saturated heterocycles. The molecule has 6 nitrogen and oxygen atoms in total. The fourth-order valence-electron chi connectivity index (χ4n) is 2.98. The molecule has 0 radical (unpaired) electrons. The van der Waals surface area contributed by atoms with E-state index in [2.05, 4.69) is 5.32 Å². The number of hydrogen-bond acceptors (Lipinski definition) is 5. The van der Waals surface area contributed by atoms with Gasteiger partial charge in [-0.1, -0.05) is 12.5 Å². The van der Waals surface area contributed by atoms with Crippen molar-refractivity contribution >= 4 is 38.7 Å². The quantitative estimate of drug-likeness (QED) is 0.713. The lowest BCUT2D eigenvalue weighted by Gasteiger charge is -2.25. The number of thiophene rings is 1. The normalized spacial score (nSPS) is 15.4. The zero-order chi connectivity index (χ0) is 19.3. The first kappa shape index (κ1) is 19.7. The van der Waals surface area contributed by atoms with E-state index >= 15 is 0 Å². The zero-order valence-corrected chi connectivity index (χ0v) is 16.5. The summed E-state index contributed by atoms with van der Waals surface area (Å²) in [5.41, 5.74) is 0.515. The van der Waals surface area contributed by atoms with Gasteiger partial charge >= 0.3 is 0 Å². The molecule has 2 heterocycles. The van der Waals surface area contributed by atoms with Crippen LogP contribution in [0.15, 0.2) is 46.7 Å². The predicted molar refractivity (Wildman–Crippen MR) is 106 cm³/mol. The van der Waals surface area contributed by atoms with Gasteiger partial charge < -0.3 is 5.32 Å². The molecule has 0 spiro atoms. The zero-order valence-electron chi connectivity index (χ0n) is 14.9. The standard InChI is InChI=1S/C19H22N2O4S2/c22-17(18-5-4-14-26-18)10-11-19(23)20-15-6-8-16(9-7-15)27(24,25)21-12-2-1-3-13-21/h4-9,14H,1-3,10-13H2,(H,20,23). The van der Waals surface area contributed by atoms with Crippen LogP contribution in [0, 0.1) is 0 Å². The smallest absolute Gasteiger partial charge is 0.243 e. The Labute approximate surface area is 163 Å². The van der Waals surface area contributed by atoms with Crippen LogP contribution < -0.4 is 5.32 Å². The molecule has 1 fully saturated rings. The van der Waals surface area contributed by atoms with E-state index in [1.165, 1.54) is 27.8 Å². The van der Waals surface area contributed by atoms with Crippen LogP contribution in [0.4, 0.5) is 5.69 Å². The third-order valence-electron chi connectivity index (χ3n) is 4.47. The van der Waals surface area contributed by atoms with Crippen molar-refractivity contribution in [2.75, 3.05) is 18.4 Å². The number of nitrogens with one attached hydrogen (secondary N) is 1. The summed E-state index contributed by atoms with van der Waals surface area (Å²) in [6, 6.07) is 9.72. The fraction of sp³-hybridized carbons (Fsp3) is 0.368. The molecule has 27 heavy (non-hydrogen) atoms. The molecular weight excluding hydrogens is 384 g/mol. The Balaban J connectivity index is 1.55. The summed E-state index contributed by atoms with van der Waals surface area (Å²) in [6.45, 7) is 1.11. The van der Waals surface area contributed by atoms with E-state index in [9.17, 15) is 18.0 Å². The van der Waals surface area contributed by atoms with E-state index < -0.39 is 10.0 Å². The van der Waals surface area contributed by atoms with Crippen LogP contribution in [0.3, 0.4) is 0 Å². The molecule has 0 atom stereocenters. The van der Waals surface area contributed by atoms with Crippen LogP contribution in [0.5, 0.6) is 0 Å². The van der Waals surface area contributed by atoms with Crippen molar-refractivity contribution in [1.82, 2.24) is 4.31 Å². The molecule has 1 aromatic heterocycles. The number of piperidine rings is 1. The molecule has 0 aliphatic carbocycles. The molecule has 0 bridgehead atoms. The van der Waals surface area contributed by atoms with Crippen LogP contribution in [-0.4, -0.2) is 37.5 Å². The topological polar surface area (TPSA) is 83.5 Å². The highest BCUT2D eigenvalue weighted by Gasteiger charge is 2.25. The van der Waals surface area contributed by atoms with Gasteiger partial charge in [0.15, 0.2) is 5.78 Å². The number of sulfonamides is 1. The summed E-state index contributed by atoms with van der Waals surface area (Å²) in [6.07, 6.45) is 3.07. The van der Waals surface area contributed by atoms with Gasteiger partial charge in [-0.2, -0.15) is 4.31 Å². The molecular formula is C19H22N2O4S2. The highest BCUT2D eigenvalue weighted by Crippen LogP contribution is 2.22. The van der Waals surface area contributed by atoms with Crippen molar-refractivity contribution in [3.05, 3.63) is 46.7 Å². The molecule has 1 amide bonds. The first-order valence-corrected chi connectivity index (χ1v) is 11.3. The first-order chi connectivity index (χ1) is 13.0. The SMILES string of the molecule is O=C(CCC(=O)c1cccs1)Nc1ccc(S(=O)(=O)N2CCCCC2)cc1. The maximum absolute atomic E-state index is 12.6. The lowest BCUT2D eigenvalue weighted by atomic mass is 10.2. The summed E-state index contributed by atoms with van der Waals surface area (Å²) in [5.74, 6) is -0.324. The number of carbonyl (C=O) groups is 2. The van der Waals surface area contributed by atoms with Crippen molar-refractivity contribution in [3.8, 4) is 0 Å². The second-order valence-electron chi connectivity index (χ2n) is 6.44. The Hall–Kier alpha value is -2.03. The lowest BCUT2D eigenvalue weighted by molar-refractivity contribution is -0.116. The monoisotopic (exact) mass is 406 g/mol. The second-order valence-corrected chi connectivity index (χ2v) is 9.32. The Morgan fingerprint density at radius 2 is 1.70 bits per heavy atom. The molecule has 1 aliphatic heterocycles. The number of amides is 1. The number of hydrogen-bond donors (Lipinski definition) is 1. The Morgan fingerprint density at radius 3 is 2.33 bits per heavy atom. The highest BCUT2D eigenvalue weighted by atomic mass is 32.2. The minimum atomic E-state index is -3.48. The molecule has 0 unspecified atom stereocenters. The summed E-state index contributed by atoms with van der Waals surface area (Å²) < 4.78 is 26.7. The van der Waals surface area contributed by atoms with Gasteiger partial charge in [0.2, 0.25) is 15.9 Å². The van der Waals surface area contributed by atoms with Gasteiger partial charge in [0.1, 0.15) is 0 Å². The summed E-state index contributed by atoms with van der Waals surface area (Å²) in [5, 5.41) is 4.53. The van der Waals surface area contributed by atoms with Gasteiger partial charge in [-0.25, -0.2) is 8.42 Å². The van der Waals surface area contributed by atoms with Crippen LogP contribution in [0.1, 0.15) is 41.8 Å². The first-order valence-electron chi connectivity index (χ1n) is 8.93. The van der Waals surface area contributed by atoms with Crippen molar-refractivity contribution in [1.29, 1.82) is 0 Å². The molecule has 144 valence electrons. The number of rotatable bonds is 7. The molecule has 2 aromatic rings. The van der Waals surface area contributed by atoms with E-state index in [1.54, 1.807) is 24.3 Å². The summed E-state index contributed by atoms with van der Waals surface area (Å²) in [4.78, 5) is 24.8. The van der Waals surface area contributed by atoms with Crippen LogP contribution in [-0.2, 0) is 14.8 Å². The highest BCUT2D eigenvalue weighted by molar-refractivity contribution is 7.89.